The number of terminal acetylenes is 1. The summed E-state index contributed by atoms with van der Waals surface area (Å²) in [6.07, 6.45) is 4.87. The normalized spacial score (nSPS) is 12.4. The predicted octanol–water partition coefficient (Wildman–Crippen LogP) is 25.6. The van der Waals surface area contributed by atoms with E-state index < -0.39 is 0 Å². The third kappa shape index (κ3) is 13.6. The number of para-hydroxylation sites is 5. The van der Waals surface area contributed by atoms with Crippen LogP contribution in [0, 0.1) is 83.4 Å². The Hall–Kier alpha value is -12.1. The second-order valence-electron chi connectivity index (χ2n) is 27.5. The number of hydrogen-bond donors (Lipinski definition) is 0. The van der Waals surface area contributed by atoms with Crippen LogP contribution in [-0.2, 0) is 9.31 Å². The SMILES string of the molecule is C#CC#CC#CC#CC#CC#CC#CC.CC1(C)OB(c2ccc(-n3c4ccccc4c4cc(-c5cccc6c5sc5ccccc56)ccc43)cc2)OC1(C)C.CI.CI.c1cc2c(c(-c3ccc(-n4c5ccccc5c5cc(-c6cccc7c6sc6ccccc67)ccc54)cc3)c1)-n1c3ccccc3c3cccc(c31)O2. The highest BCUT2D eigenvalue weighted by Gasteiger charge is 2.51. The molecule has 2 aliphatic rings. The van der Waals surface area contributed by atoms with Gasteiger partial charge < -0.3 is 27.7 Å². The zero-order valence-electron chi connectivity index (χ0n) is 62.4. The fourth-order valence-electron chi connectivity index (χ4n) is 15.2. The van der Waals surface area contributed by atoms with E-state index in [2.05, 4.69) is 443 Å². The van der Waals surface area contributed by atoms with Gasteiger partial charge in [-0.15, -0.1) is 29.1 Å². The fraction of sp³-hybridized carbons (Fsp3) is 0.0891. The van der Waals surface area contributed by atoms with Crippen molar-refractivity contribution in [3.05, 3.63) is 279 Å². The average Bonchev–Trinajstić information content (AvgIpc) is 1.54. The number of aromatic nitrogens is 3. The molecule has 0 spiro atoms. The average molecular weight is 1700 g/mol. The Morgan fingerprint density at radius 3 is 1.21 bits per heavy atom. The van der Waals surface area contributed by atoms with Crippen molar-refractivity contribution in [3.8, 4) is 145 Å². The molecule has 1 fully saturated rings. The smallest absolute Gasteiger partial charge is 0.453 e. The zero-order valence-corrected chi connectivity index (χ0v) is 68.3. The van der Waals surface area contributed by atoms with E-state index in [4.69, 9.17) is 20.5 Å². The van der Waals surface area contributed by atoms with Gasteiger partial charge in [-0.25, -0.2) is 0 Å². The Labute approximate surface area is 687 Å². The van der Waals surface area contributed by atoms with Crippen LogP contribution in [0.1, 0.15) is 34.6 Å². The van der Waals surface area contributed by atoms with Crippen LogP contribution in [0.3, 0.4) is 0 Å². The van der Waals surface area contributed by atoms with Crippen molar-refractivity contribution in [1.82, 2.24) is 13.7 Å². The summed E-state index contributed by atoms with van der Waals surface area (Å²) in [6.45, 7) is 10.1. The molecule has 0 radical (unpaired) electrons. The number of thiophene rings is 2. The van der Waals surface area contributed by atoms with Gasteiger partial charge in [-0.1, -0.05) is 239 Å². The minimum Gasteiger partial charge on any atom is -0.453 e. The molecule has 13 aromatic carbocycles. The Kier molecular flexibility index (Phi) is 21.2. The highest BCUT2D eigenvalue weighted by molar-refractivity contribution is 14.1. The highest BCUT2D eigenvalue weighted by atomic mass is 127. The van der Waals surface area contributed by atoms with Crippen LogP contribution in [0.25, 0.3) is 156 Å². The first-order valence-corrected chi connectivity index (χ1v) is 42.4. The third-order valence-electron chi connectivity index (χ3n) is 20.8. The number of rotatable bonds is 6. The van der Waals surface area contributed by atoms with Crippen molar-refractivity contribution in [2.45, 2.75) is 45.8 Å². The lowest BCUT2D eigenvalue weighted by molar-refractivity contribution is 0.00578. The van der Waals surface area contributed by atoms with Crippen LogP contribution < -0.4 is 10.2 Å². The van der Waals surface area contributed by atoms with Gasteiger partial charge in [0, 0.05) is 89.6 Å². The van der Waals surface area contributed by atoms with Gasteiger partial charge in [-0.2, -0.15) is 0 Å². The zero-order chi connectivity index (χ0) is 77.0. The van der Waals surface area contributed by atoms with Crippen LogP contribution in [-0.4, -0.2) is 41.9 Å². The fourth-order valence-corrected chi connectivity index (χ4v) is 17.7. The maximum atomic E-state index is 6.58. The number of hydrogen-bond acceptors (Lipinski definition) is 5. The first-order valence-electron chi connectivity index (χ1n) is 36.4. The largest absolute Gasteiger partial charge is 0.494 e. The molecule has 11 heteroatoms. The van der Waals surface area contributed by atoms with Crippen molar-refractivity contribution in [2.24, 2.45) is 0 Å². The lowest BCUT2D eigenvalue weighted by Crippen LogP contribution is -2.41. The molecule has 0 bridgehead atoms. The second-order valence-corrected chi connectivity index (χ2v) is 29.6. The first-order chi connectivity index (χ1) is 55.0. The lowest BCUT2D eigenvalue weighted by atomic mass is 9.79. The van der Waals surface area contributed by atoms with Crippen molar-refractivity contribution in [3.63, 3.8) is 0 Å². The van der Waals surface area contributed by atoms with Gasteiger partial charge in [-0.3, -0.25) is 0 Å². The topological polar surface area (TPSA) is 42.5 Å². The van der Waals surface area contributed by atoms with Gasteiger partial charge in [0.2, 0.25) is 0 Å². The van der Waals surface area contributed by atoms with Crippen LogP contribution in [0.5, 0.6) is 11.5 Å². The second kappa shape index (κ2) is 32.1. The summed E-state index contributed by atoms with van der Waals surface area (Å²) in [6, 6.07) is 101. The first kappa shape index (κ1) is 74.0. The van der Waals surface area contributed by atoms with Crippen LogP contribution in [0.15, 0.2) is 279 Å². The Bertz CT molecular complexity index is 7240. The van der Waals surface area contributed by atoms with Gasteiger partial charge >= 0.3 is 7.12 Å². The molecule has 534 valence electrons. The number of ether oxygens (including phenoxy) is 1. The van der Waals surface area contributed by atoms with Crippen LogP contribution >= 0.6 is 67.9 Å². The van der Waals surface area contributed by atoms with E-state index in [1.54, 1.807) is 6.92 Å². The molecule has 5 aromatic heterocycles. The minimum absolute atomic E-state index is 0.360. The van der Waals surface area contributed by atoms with E-state index in [9.17, 15) is 0 Å². The number of halogens is 2. The molecule has 112 heavy (non-hydrogen) atoms. The number of fused-ring (bicyclic) bond motifs is 17. The Morgan fingerprint density at radius 1 is 0.339 bits per heavy atom. The summed E-state index contributed by atoms with van der Waals surface area (Å²) >= 11 is 8.06. The summed E-state index contributed by atoms with van der Waals surface area (Å²) in [5.74, 6) is 33.7. The molecule has 0 saturated carbocycles. The van der Waals surface area contributed by atoms with Gasteiger partial charge in [0.05, 0.1) is 50.0 Å². The molecule has 0 N–H and O–H groups in total. The quantitative estimate of drug-likeness (QED) is 0.0721. The maximum absolute atomic E-state index is 6.58. The Balaban J connectivity index is 0.000000141. The van der Waals surface area contributed by atoms with Gasteiger partial charge in [-0.05, 0) is 240 Å². The molecule has 0 unspecified atom stereocenters. The molecule has 18 aromatic rings. The number of benzene rings is 13. The minimum atomic E-state index is -0.369. The lowest BCUT2D eigenvalue weighted by Gasteiger charge is -2.32. The van der Waals surface area contributed by atoms with Gasteiger partial charge in [0.1, 0.15) is 0 Å². The monoisotopic (exact) mass is 1700 g/mol. The molecular formula is C101H68BI2N3O3S2. The van der Waals surface area contributed by atoms with Gasteiger partial charge in [0.15, 0.2) is 11.5 Å². The summed E-state index contributed by atoms with van der Waals surface area (Å²) in [7, 11) is -0.369. The van der Waals surface area contributed by atoms with E-state index in [1.807, 2.05) is 32.5 Å². The molecule has 6 nitrogen and oxygen atoms in total. The standard InChI is InChI=1S/C48H28N2OS.C36H30BNO2S.C15H4.2CH3I/c1-5-18-41-34(10-1)37-15-9-20-44-47(37)50(41)46-32(13-8-19-43(46)51-44)29-22-25-31(26-23-29)49-40-17-4-2-11-35(40)39-28-30(24-27-42(39)49)33-14-7-16-38-36-12-3-6-21-45(36)52-48(33)38;1-35(2)36(3,4)40-37(39-35)24-17-19-25(20-18-24)38-31-14-7-5-10-27(31)30-22-23(16-21-32(30)38)26-12-9-13-29-28-11-6-8-15-33(28)41-34(26)29;1-3-5-7-9-11-13-15-14-12-10-8-6-4-2;2*1-2/h1-28H;5-22H,1-4H3;1H,2H3;2*1H3. The number of nitrogens with zero attached hydrogens (tertiary/aromatic N) is 3. The summed E-state index contributed by atoms with van der Waals surface area (Å²) in [5, 5.41) is 12.8. The van der Waals surface area contributed by atoms with Crippen LogP contribution in [0.4, 0.5) is 0 Å². The highest BCUT2D eigenvalue weighted by Crippen LogP contribution is 2.50. The molecule has 1 saturated heterocycles. The summed E-state index contributed by atoms with van der Waals surface area (Å²) < 4.78 is 31.7. The van der Waals surface area contributed by atoms with Crippen molar-refractivity contribution >= 4 is 186 Å². The van der Waals surface area contributed by atoms with Gasteiger partial charge in [0.25, 0.3) is 0 Å². The van der Waals surface area contributed by atoms with E-state index in [-0.39, 0.29) is 18.3 Å². The van der Waals surface area contributed by atoms with E-state index >= 15 is 0 Å². The van der Waals surface area contributed by atoms with Crippen molar-refractivity contribution < 1.29 is 14.0 Å². The molecule has 2 aliphatic heterocycles. The van der Waals surface area contributed by atoms with Crippen molar-refractivity contribution in [2.75, 3.05) is 9.86 Å². The third-order valence-corrected chi connectivity index (χ3v) is 23.3. The summed E-state index contributed by atoms with van der Waals surface area (Å²) in [4.78, 5) is 3.94. The molecule has 20 rings (SSSR count). The maximum Gasteiger partial charge on any atom is 0.494 e. The molecule has 0 amide bonds. The van der Waals surface area contributed by atoms with E-state index in [0.717, 1.165) is 50.7 Å². The molecule has 7 heterocycles. The van der Waals surface area contributed by atoms with Crippen molar-refractivity contribution in [1.29, 1.82) is 0 Å². The summed E-state index contributed by atoms with van der Waals surface area (Å²) in [5.41, 5.74) is 18.1. The van der Waals surface area contributed by atoms with E-state index in [0.29, 0.717) is 0 Å². The van der Waals surface area contributed by atoms with E-state index in [1.165, 1.54) is 122 Å². The number of alkyl halides is 2. The molecule has 0 atom stereocenters. The predicted molar refractivity (Wildman–Crippen MR) is 495 cm³/mol. The molecule has 0 aliphatic carbocycles. The van der Waals surface area contributed by atoms with Crippen LogP contribution in [0.2, 0.25) is 0 Å². The Morgan fingerprint density at radius 2 is 0.714 bits per heavy atom. The molecular weight excluding hydrogens is 1630 g/mol.